The second-order valence-corrected chi connectivity index (χ2v) is 19.2. The molecule has 0 bridgehead atoms. The Morgan fingerprint density at radius 3 is 1.42 bits per heavy atom. The number of anilines is 3. The van der Waals surface area contributed by atoms with Gasteiger partial charge in [-0.15, -0.1) is 0 Å². The Hall–Kier alpha value is -9.50. The molecule has 1 aromatic heterocycles. The summed E-state index contributed by atoms with van der Waals surface area (Å²) in [6, 6.07) is 107. The highest BCUT2D eigenvalue weighted by atomic mass is 15.1. The van der Waals surface area contributed by atoms with Crippen LogP contribution < -0.4 is 4.90 Å². The Morgan fingerprint density at radius 1 is 0.288 bits per heavy atom. The summed E-state index contributed by atoms with van der Waals surface area (Å²) >= 11 is 0. The normalized spacial score (nSPS) is 12.5. The molecule has 2 nitrogen and oxygen atoms in total. The van der Waals surface area contributed by atoms with Crippen LogP contribution in [0.2, 0.25) is 0 Å². The summed E-state index contributed by atoms with van der Waals surface area (Å²) in [4.78, 5) is 2.42. The number of hydrogen-bond acceptors (Lipinski definition) is 1. The number of aromatic nitrogens is 1. The molecule has 13 aromatic rings. The highest BCUT2D eigenvalue weighted by Gasteiger charge is 2.46. The summed E-state index contributed by atoms with van der Waals surface area (Å²) in [5, 5.41) is 5.10. The molecule has 73 heavy (non-hydrogen) atoms. The molecule has 1 aliphatic carbocycles. The van der Waals surface area contributed by atoms with E-state index in [1.54, 1.807) is 0 Å². The first-order valence-electron chi connectivity index (χ1n) is 25.2. The van der Waals surface area contributed by atoms with Gasteiger partial charge >= 0.3 is 0 Å². The fraction of sp³-hybridized carbons (Fsp3) is 0.0141. The summed E-state index contributed by atoms with van der Waals surface area (Å²) in [5.41, 5.74) is 21.0. The first-order valence-corrected chi connectivity index (χ1v) is 25.2. The van der Waals surface area contributed by atoms with Crippen molar-refractivity contribution in [3.05, 3.63) is 313 Å². The maximum atomic E-state index is 2.45. The fourth-order valence-electron chi connectivity index (χ4n) is 12.0. The van der Waals surface area contributed by atoms with Gasteiger partial charge in [0.1, 0.15) is 0 Å². The van der Waals surface area contributed by atoms with Crippen molar-refractivity contribution in [2.75, 3.05) is 4.90 Å². The molecule has 0 saturated heterocycles. The van der Waals surface area contributed by atoms with Crippen molar-refractivity contribution in [3.8, 4) is 50.2 Å². The van der Waals surface area contributed by atoms with Gasteiger partial charge in [0, 0.05) is 33.5 Å². The van der Waals surface area contributed by atoms with Crippen LogP contribution in [0.3, 0.4) is 0 Å². The first kappa shape index (κ1) is 42.4. The quantitative estimate of drug-likeness (QED) is 0.140. The van der Waals surface area contributed by atoms with Crippen LogP contribution in [-0.4, -0.2) is 4.57 Å². The van der Waals surface area contributed by atoms with E-state index in [9.17, 15) is 0 Å². The van der Waals surface area contributed by atoms with Crippen molar-refractivity contribution in [3.63, 3.8) is 0 Å². The van der Waals surface area contributed by atoms with Crippen molar-refractivity contribution < 1.29 is 0 Å². The van der Waals surface area contributed by atoms with Gasteiger partial charge in [-0.1, -0.05) is 231 Å². The molecule has 1 aliphatic rings. The number of rotatable bonds is 9. The molecular weight excluding hydrogens is 881 g/mol. The molecule has 0 N–H and O–H groups in total. The monoisotopic (exact) mass is 928 g/mol. The lowest BCUT2D eigenvalue weighted by atomic mass is 9.67. The fourth-order valence-corrected chi connectivity index (χ4v) is 12.0. The van der Waals surface area contributed by atoms with Crippen LogP contribution in [0.5, 0.6) is 0 Å². The second-order valence-electron chi connectivity index (χ2n) is 19.2. The van der Waals surface area contributed by atoms with Crippen molar-refractivity contribution in [1.29, 1.82) is 0 Å². The molecule has 0 saturated carbocycles. The van der Waals surface area contributed by atoms with Crippen LogP contribution in [0.4, 0.5) is 17.1 Å². The number of hydrogen-bond donors (Lipinski definition) is 0. The molecule has 0 aliphatic heterocycles. The van der Waals surface area contributed by atoms with Gasteiger partial charge in [-0.3, -0.25) is 0 Å². The number of nitrogens with zero attached hydrogens (tertiary/aromatic N) is 2. The molecule has 0 amide bonds. The Labute approximate surface area is 426 Å². The number of fused-ring (bicyclic) bond motifs is 8. The maximum Gasteiger partial charge on any atom is 0.0714 e. The predicted octanol–water partition coefficient (Wildman–Crippen LogP) is 18.8. The topological polar surface area (TPSA) is 8.17 Å². The van der Waals surface area contributed by atoms with Gasteiger partial charge in [-0.05, 0) is 138 Å². The van der Waals surface area contributed by atoms with Crippen LogP contribution in [0.15, 0.2) is 291 Å². The van der Waals surface area contributed by atoms with Gasteiger partial charge in [-0.2, -0.15) is 0 Å². The smallest absolute Gasteiger partial charge is 0.0714 e. The number of benzene rings is 12. The van der Waals surface area contributed by atoms with Crippen LogP contribution in [0.25, 0.3) is 82.8 Å². The molecule has 2 heteroatoms. The Bertz CT molecular complexity index is 4120. The Kier molecular flexibility index (Phi) is 10.1. The van der Waals surface area contributed by atoms with Crippen LogP contribution in [0.1, 0.15) is 22.3 Å². The van der Waals surface area contributed by atoms with E-state index < -0.39 is 5.41 Å². The third-order valence-corrected chi connectivity index (χ3v) is 15.3. The zero-order valence-corrected chi connectivity index (χ0v) is 40.1. The van der Waals surface area contributed by atoms with Crippen molar-refractivity contribution in [2.45, 2.75) is 5.41 Å². The Balaban J connectivity index is 0.873. The van der Waals surface area contributed by atoms with Crippen molar-refractivity contribution >= 4 is 49.6 Å². The van der Waals surface area contributed by atoms with E-state index in [4.69, 9.17) is 0 Å². The van der Waals surface area contributed by atoms with E-state index >= 15 is 0 Å². The summed E-state index contributed by atoms with van der Waals surface area (Å²) in [5.74, 6) is 0. The van der Waals surface area contributed by atoms with Crippen molar-refractivity contribution in [2.24, 2.45) is 0 Å². The molecule has 342 valence electrons. The largest absolute Gasteiger partial charge is 0.310 e. The minimum absolute atomic E-state index is 0.516. The van der Waals surface area contributed by atoms with Gasteiger partial charge < -0.3 is 9.47 Å². The lowest BCUT2D eigenvalue weighted by Crippen LogP contribution is -2.28. The predicted molar refractivity (Wildman–Crippen MR) is 307 cm³/mol. The molecule has 0 radical (unpaired) electrons. The van der Waals surface area contributed by atoms with Gasteiger partial charge in [0.2, 0.25) is 0 Å². The lowest BCUT2D eigenvalue weighted by molar-refractivity contribution is 0.768. The van der Waals surface area contributed by atoms with Crippen LogP contribution >= 0.6 is 0 Å². The molecule has 0 fully saturated rings. The van der Waals surface area contributed by atoms with Gasteiger partial charge in [0.05, 0.1) is 16.4 Å². The molecular formula is C71H48N2. The second kappa shape index (κ2) is 17.4. The third kappa shape index (κ3) is 6.87. The summed E-state index contributed by atoms with van der Waals surface area (Å²) in [6.45, 7) is 0. The molecule has 0 spiro atoms. The van der Waals surface area contributed by atoms with Crippen LogP contribution in [0, 0.1) is 0 Å². The molecule has 0 unspecified atom stereocenters. The molecule has 1 heterocycles. The van der Waals surface area contributed by atoms with Gasteiger partial charge in [-0.25, -0.2) is 0 Å². The van der Waals surface area contributed by atoms with Gasteiger partial charge in [0.15, 0.2) is 0 Å². The summed E-state index contributed by atoms with van der Waals surface area (Å²) in [7, 11) is 0. The average Bonchev–Trinajstić information content (AvgIpc) is 4.00. The lowest BCUT2D eigenvalue weighted by Gasteiger charge is -2.35. The van der Waals surface area contributed by atoms with Crippen LogP contribution in [-0.2, 0) is 5.41 Å². The maximum absolute atomic E-state index is 2.45. The van der Waals surface area contributed by atoms with E-state index in [0.29, 0.717) is 0 Å². The summed E-state index contributed by atoms with van der Waals surface area (Å²) in [6.07, 6.45) is 0. The highest BCUT2D eigenvalue weighted by molar-refractivity contribution is 6.21. The van der Waals surface area contributed by atoms with Gasteiger partial charge in [0.25, 0.3) is 0 Å². The molecule has 12 aromatic carbocycles. The zero-order valence-electron chi connectivity index (χ0n) is 40.1. The van der Waals surface area contributed by atoms with E-state index in [-0.39, 0.29) is 0 Å². The van der Waals surface area contributed by atoms with Crippen molar-refractivity contribution in [1.82, 2.24) is 4.57 Å². The minimum Gasteiger partial charge on any atom is -0.310 e. The van der Waals surface area contributed by atoms with E-state index in [1.807, 2.05) is 0 Å². The number of para-hydroxylation sites is 1. The third-order valence-electron chi connectivity index (χ3n) is 15.3. The zero-order chi connectivity index (χ0) is 48.3. The minimum atomic E-state index is -0.516. The highest BCUT2D eigenvalue weighted by Crippen LogP contribution is 2.57. The Morgan fingerprint density at radius 2 is 0.767 bits per heavy atom. The van der Waals surface area contributed by atoms with E-state index in [1.165, 1.54) is 93.8 Å². The standard InChI is InChI=1S/C71H48N2/c1-4-18-49(19-5-1)50-32-39-56(40-33-50)72(59-45-46-64-63-28-14-16-30-66(63)71(67(64)48-59,54-21-6-2-7-22-54)55-23-8-3-9-24-55)57-41-34-52(35-42-57)60-25-12-13-26-61(60)53-36-43-58(44-37-53)73-68-31-17-15-29-65(68)70-62-27-11-10-20-51(62)38-47-69(70)73/h1-48H. The average molecular weight is 929 g/mol. The van der Waals surface area contributed by atoms with E-state index in [2.05, 4.69) is 301 Å². The first-order chi connectivity index (χ1) is 36.2. The van der Waals surface area contributed by atoms with E-state index in [0.717, 1.165) is 28.3 Å². The molecule has 0 atom stereocenters. The SMILES string of the molecule is c1ccc(-c2ccc(N(c3ccc(-c4ccccc4-c4ccc(-n5c6ccccc6c6c7ccccc7ccc65)cc4)cc3)c3ccc4c(c3)C(c3ccccc3)(c3ccccc3)c3ccccc3-4)cc2)cc1. The summed E-state index contributed by atoms with van der Waals surface area (Å²) < 4.78 is 2.41. The molecule has 14 rings (SSSR count).